The number of aliphatic hydroxyl groups excluding tert-OH is 1. The molecule has 0 amide bonds. The molecule has 2 unspecified atom stereocenters. The Balaban J connectivity index is 1.91. The van der Waals surface area contributed by atoms with Crippen LogP contribution in [0.15, 0.2) is 24.3 Å². The van der Waals surface area contributed by atoms with Crippen LogP contribution in [0.1, 0.15) is 12.5 Å². The van der Waals surface area contributed by atoms with E-state index >= 15 is 0 Å². The van der Waals surface area contributed by atoms with Crippen LogP contribution in [-0.4, -0.2) is 48.5 Å². The highest BCUT2D eigenvalue weighted by Crippen LogP contribution is 2.18. The largest absolute Gasteiger partial charge is 0.474 e. The van der Waals surface area contributed by atoms with E-state index < -0.39 is 0 Å². The minimum Gasteiger partial charge on any atom is -0.474 e. The van der Waals surface area contributed by atoms with Crippen LogP contribution >= 0.6 is 0 Å². The Hall–Kier alpha value is -1.10. The number of β-amino-alcohol motifs (C(OH)–C–C–N with tert-alkyl or cyclic N) is 1. The molecule has 4 nitrogen and oxygen atoms in total. The van der Waals surface area contributed by atoms with Crippen molar-refractivity contribution in [2.24, 2.45) is 0 Å². The fraction of sp³-hybridized carbons (Fsp3) is 0.571. The monoisotopic (exact) mass is 250 g/mol. The van der Waals surface area contributed by atoms with Crippen molar-refractivity contribution in [1.29, 1.82) is 0 Å². The summed E-state index contributed by atoms with van der Waals surface area (Å²) in [5.41, 5.74) is 1.15. The molecule has 2 atom stereocenters. The summed E-state index contributed by atoms with van der Waals surface area (Å²) >= 11 is 0. The molecular weight excluding hydrogens is 228 g/mol. The summed E-state index contributed by atoms with van der Waals surface area (Å²) in [5.74, 6) is 0.925. The quantitative estimate of drug-likeness (QED) is 0.836. The SMILES string of the molecule is Cc1ccccc1OC1CN(CC(C)O)CCN1. The second-order valence-corrected chi connectivity index (χ2v) is 4.93. The Labute approximate surface area is 109 Å². The standard InChI is InChI=1S/C14H22N2O2/c1-11-5-3-4-6-13(11)18-14-10-16(8-7-15-14)9-12(2)17/h3-6,12,14-15,17H,7-10H2,1-2H3. The van der Waals surface area contributed by atoms with Gasteiger partial charge >= 0.3 is 0 Å². The van der Waals surface area contributed by atoms with Crippen molar-refractivity contribution in [2.45, 2.75) is 26.2 Å². The molecule has 2 rings (SSSR count). The number of aliphatic hydroxyl groups is 1. The van der Waals surface area contributed by atoms with Crippen LogP contribution in [0.2, 0.25) is 0 Å². The lowest BCUT2D eigenvalue weighted by atomic mass is 10.2. The number of para-hydroxylation sites is 1. The number of nitrogens with one attached hydrogen (secondary N) is 1. The summed E-state index contributed by atoms with van der Waals surface area (Å²) in [6.07, 6.45) is -0.291. The smallest absolute Gasteiger partial charge is 0.163 e. The molecule has 1 aliphatic rings. The molecule has 0 radical (unpaired) electrons. The van der Waals surface area contributed by atoms with E-state index in [-0.39, 0.29) is 12.3 Å². The lowest BCUT2D eigenvalue weighted by molar-refractivity contribution is 0.0459. The van der Waals surface area contributed by atoms with Crippen molar-refractivity contribution in [2.75, 3.05) is 26.2 Å². The summed E-state index contributed by atoms with van der Waals surface area (Å²) in [6.45, 7) is 7.22. The van der Waals surface area contributed by atoms with Gasteiger partial charge in [0.2, 0.25) is 0 Å². The maximum Gasteiger partial charge on any atom is 0.163 e. The first-order valence-electron chi connectivity index (χ1n) is 6.51. The summed E-state index contributed by atoms with van der Waals surface area (Å²) in [4.78, 5) is 2.23. The van der Waals surface area contributed by atoms with Gasteiger partial charge in [0.1, 0.15) is 5.75 Å². The number of benzene rings is 1. The third kappa shape index (κ3) is 3.70. The molecule has 1 heterocycles. The summed E-state index contributed by atoms with van der Waals surface area (Å²) in [6, 6.07) is 8.03. The summed E-state index contributed by atoms with van der Waals surface area (Å²) < 4.78 is 5.96. The van der Waals surface area contributed by atoms with Crippen molar-refractivity contribution in [3.05, 3.63) is 29.8 Å². The lowest BCUT2D eigenvalue weighted by Crippen LogP contribution is -2.54. The van der Waals surface area contributed by atoms with Gasteiger partial charge in [0, 0.05) is 26.2 Å². The number of nitrogens with zero attached hydrogens (tertiary/aromatic N) is 1. The first-order chi connectivity index (χ1) is 8.65. The van der Waals surface area contributed by atoms with Gasteiger partial charge in [-0.15, -0.1) is 0 Å². The minimum absolute atomic E-state index is 0.00130. The predicted octanol–water partition coefficient (Wildman–Crippen LogP) is 0.986. The number of hydrogen-bond acceptors (Lipinski definition) is 4. The van der Waals surface area contributed by atoms with Crippen LogP contribution in [0.3, 0.4) is 0 Å². The fourth-order valence-electron chi connectivity index (χ4n) is 2.23. The van der Waals surface area contributed by atoms with Crippen LogP contribution in [-0.2, 0) is 0 Å². The van der Waals surface area contributed by atoms with Gasteiger partial charge in [-0.1, -0.05) is 18.2 Å². The van der Waals surface area contributed by atoms with Gasteiger partial charge in [-0.2, -0.15) is 0 Å². The number of rotatable bonds is 4. The van der Waals surface area contributed by atoms with E-state index in [0.717, 1.165) is 30.9 Å². The summed E-state index contributed by atoms with van der Waals surface area (Å²) in [5, 5.41) is 12.8. The van der Waals surface area contributed by atoms with Gasteiger partial charge in [-0.05, 0) is 25.5 Å². The van der Waals surface area contributed by atoms with Crippen molar-refractivity contribution in [3.63, 3.8) is 0 Å². The maximum absolute atomic E-state index is 9.42. The zero-order valence-electron chi connectivity index (χ0n) is 11.1. The average Bonchev–Trinajstić information content (AvgIpc) is 2.32. The number of ether oxygens (including phenoxy) is 1. The third-order valence-corrected chi connectivity index (χ3v) is 3.11. The topological polar surface area (TPSA) is 44.7 Å². The second-order valence-electron chi connectivity index (χ2n) is 4.93. The minimum atomic E-state index is -0.290. The summed E-state index contributed by atoms with van der Waals surface area (Å²) in [7, 11) is 0. The van der Waals surface area contributed by atoms with Crippen molar-refractivity contribution < 1.29 is 9.84 Å². The molecule has 0 aliphatic carbocycles. The van der Waals surface area contributed by atoms with Crippen LogP contribution in [0.5, 0.6) is 5.75 Å². The zero-order chi connectivity index (χ0) is 13.0. The highest BCUT2D eigenvalue weighted by Gasteiger charge is 2.21. The van der Waals surface area contributed by atoms with Gasteiger partial charge in [0.25, 0.3) is 0 Å². The molecule has 0 spiro atoms. The fourth-order valence-corrected chi connectivity index (χ4v) is 2.23. The maximum atomic E-state index is 9.42. The Kier molecular flexibility index (Phi) is 4.58. The number of aryl methyl sites for hydroxylation is 1. The van der Waals surface area contributed by atoms with E-state index in [1.54, 1.807) is 0 Å². The molecular formula is C14H22N2O2. The van der Waals surface area contributed by atoms with E-state index in [1.807, 2.05) is 38.1 Å². The number of hydrogen-bond donors (Lipinski definition) is 2. The molecule has 2 N–H and O–H groups in total. The van der Waals surface area contributed by atoms with Crippen LogP contribution in [0.4, 0.5) is 0 Å². The van der Waals surface area contributed by atoms with E-state index in [2.05, 4.69) is 10.2 Å². The molecule has 18 heavy (non-hydrogen) atoms. The number of piperazine rings is 1. The first kappa shape index (κ1) is 13.3. The Morgan fingerprint density at radius 1 is 1.50 bits per heavy atom. The molecule has 4 heteroatoms. The Bertz CT molecular complexity index is 382. The van der Waals surface area contributed by atoms with E-state index in [1.165, 1.54) is 0 Å². The van der Waals surface area contributed by atoms with Gasteiger partial charge in [0.05, 0.1) is 6.10 Å². The van der Waals surface area contributed by atoms with E-state index in [4.69, 9.17) is 4.74 Å². The first-order valence-corrected chi connectivity index (χ1v) is 6.51. The third-order valence-electron chi connectivity index (χ3n) is 3.11. The van der Waals surface area contributed by atoms with Crippen molar-refractivity contribution in [1.82, 2.24) is 10.2 Å². The van der Waals surface area contributed by atoms with Crippen LogP contribution in [0, 0.1) is 6.92 Å². The molecule has 1 saturated heterocycles. The van der Waals surface area contributed by atoms with Crippen molar-refractivity contribution in [3.8, 4) is 5.75 Å². The molecule has 0 aromatic heterocycles. The lowest BCUT2D eigenvalue weighted by Gasteiger charge is -2.34. The second kappa shape index (κ2) is 6.18. The van der Waals surface area contributed by atoms with Gasteiger partial charge in [-0.25, -0.2) is 0 Å². The highest BCUT2D eigenvalue weighted by molar-refractivity contribution is 5.31. The van der Waals surface area contributed by atoms with E-state index in [9.17, 15) is 5.11 Å². The molecule has 1 aromatic carbocycles. The Morgan fingerprint density at radius 3 is 3.00 bits per heavy atom. The van der Waals surface area contributed by atoms with Gasteiger partial charge in [0.15, 0.2) is 6.23 Å². The van der Waals surface area contributed by atoms with Gasteiger partial charge in [-0.3, -0.25) is 10.2 Å². The molecule has 0 bridgehead atoms. The normalized spacial score (nSPS) is 22.7. The van der Waals surface area contributed by atoms with E-state index in [0.29, 0.717) is 6.54 Å². The molecule has 100 valence electrons. The average molecular weight is 250 g/mol. The molecule has 1 aliphatic heterocycles. The molecule has 0 saturated carbocycles. The molecule has 1 fully saturated rings. The highest BCUT2D eigenvalue weighted by atomic mass is 16.5. The van der Waals surface area contributed by atoms with Crippen LogP contribution < -0.4 is 10.1 Å². The Morgan fingerprint density at radius 2 is 2.28 bits per heavy atom. The molecule has 1 aromatic rings. The predicted molar refractivity (Wildman–Crippen MR) is 71.7 cm³/mol. The van der Waals surface area contributed by atoms with Crippen LogP contribution in [0.25, 0.3) is 0 Å². The zero-order valence-corrected chi connectivity index (χ0v) is 11.1. The van der Waals surface area contributed by atoms with Crippen molar-refractivity contribution >= 4 is 0 Å². The van der Waals surface area contributed by atoms with Gasteiger partial charge < -0.3 is 9.84 Å².